The average molecular weight is 749 g/mol. The zero-order valence-corrected chi connectivity index (χ0v) is 34.2. The first kappa shape index (κ1) is 45.4. The fraction of sp³-hybridized carbons (Fsp3) is 0.974. The maximum atomic E-state index is 14.2. The van der Waals surface area contributed by atoms with E-state index in [1.807, 2.05) is 51.7 Å². The van der Waals surface area contributed by atoms with E-state index in [9.17, 15) is 30.3 Å². The number of cyclic esters (lactones) is 1. The fourth-order valence-corrected chi connectivity index (χ4v) is 8.74. The minimum atomic E-state index is -1.80. The third kappa shape index (κ3) is 10.0. The molecule has 18 atom stereocenters. The SMILES string of the molecule is CC[C@H]1OC(=O)[C@H](C)[C@@H](O[C@H]2C[C@@](C)(OC)[C@@H](O)[C@H](C)O2)[C@H](C)[C@@H](O[C@H]2O[C@H](C)C[C@H](N(C)C)[C@H]2O)[C@](C)(O)C[C@@H](C)CN(C)[C@H](C)[C@@H](O)[C@]1(C)O. The predicted octanol–water partition coefficient (Wildman–Crippen LogP) is 1.90. The molecule has 0 radical (unpaired) electrons. The van der Waals surface area contributed by atoms with Crippen LogP contribution in [0.25, 0.3) is 0 Å². The minimum Gasteiger partial charge on any atom is -0.459 e. The summed E-state index contributed by atoms with van der Waals surface area (Å²) in [4.78, 5) is 18.0. The number of rotatable bonds is 7. The van der Waals surface area contributed by atoms with E-state index in [2.05, 4.69) is 0 Å². The Kier molecular flexibility index (Phi) is 15.6. The molecule has 52 heavy (non-hydrogen) atoms. The van der Waals surface area contributed by atoms with E-state index in [-0.39, 0.29) is 37.3 Å². The number of nitrogens with zero attached hydrogens (tertiary/aromatic N) is 2. The normalized spacial score (nSPS) is 49.6. The average Bonchev–Trinajstić information content (AvgIpc) is 3.05. The van der Waals surface area contributed by atoms with Crippen LogP contribution in [-0.4, -0.2) is 166 Å². The monoisotopic (exact) mass is 749 g/mol. The van der Waals surface area contributed by atoms with E-state index >= 15 is 0 Å². The zero-order chi connectivity index (χ0) is 39.7. The molecule has 14 nitrogen and oxygen atoms in total. The van der Waals surface area contributed by atoms with Gasteiger partial charge in [-0.1, -0.05) is 20.8 Å². The molecular formula is C38H72N2O12. The highest BCUT2D eigenvalue weighted by Gasteiger charge is 2.52. The third-order valence-corrected chi connectivity index (χ3v) is 12.2. The van der Waals surface area contributed by atoms with Crippen LogP contribution in [0.1, 0.15) is 94.9 Å². The predicted molar refractivity (Wildman–Crippen MR) is 194 cm³/mol. The summed E-state index contributed by atoms with van der Waals surface area (Å²) in [6, 6.07) is -0.808. The number of aliphatic hydroxyl groups excluding tert-OH is 3. The third-order valence-electron chi connectivity index (χ3n) is 12.2. The van der Waals surface area contributed by atoms with E-state index in [1.165, 1.54) is 14.0 Å². The molecule has 0 aromatic rings. The van der Waals surface area contributed by atoms with Crippen molar-refractivity contribution in [3.05, 3.63) is 0 Å². The molecule has 3 rings (SSSR count). The van der Waals surface area contributed by atoms with E-state index in [0.717, 1.165) is 0 Å². The van der Waals surface area contributed by atoms with Crippen molar-refractivity contribution < 1.29 is 58.7 Å². The van der Waals surface area contributed by atoms with Gasteiger partial charge in [0.1, 0.15) is 30.0 Å². The second kappa shape index (κ2) is 17.8. The molecule has 3 aliphatic rings. The topological polar surface area (TPSA) is 180 Å². The van der Waals surface area contributed by atoms with Gasteiger partial charge in [0.15, 0.2) is 12.6 Å². The van der Waals surface area contributed by atoms with Gasteiger partial charge in [0, 0.05) is 38.1 Å². The summed E-state index contributed by atoms with van der Waals surface area (Å²) in [7, 11) is 7.12. The lowest BCUT2D eigenvalue weighted by Crippen LogP contribution is -2.60. The van der Waals surface area contributed by atoms with Crippen molar-refractivity contribution in [3.8, 4) is 0 Å². The lowest BCUT2D eigenvalue weighted by Gasteiger charge is -2.48. The Hall–Kier alpha value is -1.01. The molecule has 3 fully saturated rings. The van der Waals surface area contributed by atoms with Crippen LogP contribution >= 0.6 is 0 Å². The molecule has 0 aromatic heterocycles. The first-order chi connectivity index (χ1) is 23.9. The number of esters is 1. The van der Waals surface area contributed by atoms with Crippen LogP contribution in [-0.2, 0) is 33.2 Å². The molecule has 5 N–H and O–H groups in total. The summed E-state index contributed by atoms with van der Waals surface area (Å²) in [5.74, 6) is -2.58. The van der Waals surface area contributed by atoms with Gasteiger partial charge in [0.2, 0.25) is 0 Å². The Balaban J connectivity index is 2.17. The largest absolute Gasteiger partial charge is 0.459 e. The Morgan fingerprint density at radius 3 is 2.12 bits per heavy atom. The summed E-state index contributed by atoms with van der Waals surface area (Å²) in [5.41, 5.74) is -4.37. The quantitative estimate of drug-likeness (QED) is 0.238. The van der Waals surface area contributed by atoms with Crippen molar-refractivity contribution in [2.45, 2.75) is 185 Å². The van der Waals surface area contributed by atoms with Crippen LogP contribution in [0.5, 0.6) is 0 Å². The number of hydrogen-bond donors (Lipinski definition) is 5. The molecule has 0 spiro atoms. The molecule has 0 bridgehead atoms. The first-order valence-electron chi connectivity index (χ1n) is 19.1. The molecule has 0 amide bonds. The summed E-state index contributed by atoms with van der Waals surface area (Å²) in [6.07, 6.45) is -8.19. The van der Waals surface area contributed by atoms with E-state index in [0.29, 0.717) is 13.0 Å². The van der Waals surface area contributed by atoms with Crippen LogP contribution < -0.4 is 0 Å². The summed E-state index contributed by atoms with van der Waals surface area (Å²) < 4.78 is 37.5. The highest BCUT2D eigenvalue weighted by atomic mass is 16.7. The summed E-state index contributed by atoms with van der Waals surface area (Å²) in [6.45, 7) is 18.0. The molecule has 3 saturated heterocycles. The molecule has 0 aliphatic carbocycles. The smallest absolute Gasteiger partial charge is 0.311 e. The van der Waals surface area contributed by atoms with E-state index in [1.54, 1.807) is 41.5 Å². The summed E-state index contributed by atoms with van der Waals surface area (Å²) >= 11 is 0. The van der Waals surface area contributed by atoms with E-state index in [4.69, 9.17) is 28.4 Å². The maximum Gasteiger partial charge on any atom is 0.311 e. The number of aliphatic hydroxyl groups is 5. The first-order valence-corrected chi connectivity index (χ1v) is 19.1. The van der Waals surface area contributed by atoms with Crippen molar-refractivity contribution >= 4 is 5.97 Å². The molecule has 3 aliphatic heterocycles. The Morgan fingerprint density at radius 1 is 0.942 bits per heavy atom. The van der Waals surface area contributed by atoms with Gasteiger partial charge in [-0.15, -0.1) is 0 Å². The van der Waals surface area contributed by atoms with Gasteiger partial charge in [-0.25, -0.2) is 0 Å². The van der Waals surface area contributed by atoms with E-state index < -0.39 is 96.0 Å². The van der Waals surface area contributed by atoms with Crippen LogP contribution in [0.4, 0.5) is 0 Å². The number of likely N-dealkylation sites (N-methyl/N-ethyl adjacent to an activating group) is 2. The van der Waals surface area contributed by atoms with Crippen LogP contribution in [0.3, 0.4) is 0 Å². The highest BCUT2D eigenvalue weighted by molar-refractivity contribution is 5.73. The number of hydrogen-bond acceptors (Lipinski definition) is 14. The highest BCUT2D eigenvalue weighted by Crippen LogP contribution is 2.40. The molecule has 0 aromatic carbocycles. The van der Waals surface area contributed by atoms with Gasteiger partial charge in [0.25, 0.3) is 0 Å². The lowest BCUT2D eigenvalue weighted by atomic mass is 9.77. The zero-order valence-electron chi connectivity index (χ0n) is 34.2. The second-order valence-electron chi connectivity index (χ2n) is 17.2. The fourth-order valence-electron chi connectivity index (χ4n) is 8.74. The van der Waals surface area contributed by atoms with Crippen molar-refractivity contribution in [2.75, 3.05) is 34.8 Å². The van der Waals surface area contributed by atoms with Gasteiger partial charge >= 0.3 is 5.97 Å². The van der Waals surface area contributed by atoms with Gasteiger partial charge in [-0.2, -0.15) is 0 Å². The molecule has 306 valence electrons. The molecular weight excluding hydrogens is 676 g/mol. The van der Waals surface area contributed by atoms with Gasteiger partial charge in [-0.05, 0) is 94.8 Å². The number of methoxy groups -OCH3 is 1. The van der Waals surface area contributed by atoms with Crippen LogP contribution in [0.15, 0.2) is 0 Å². The van der Waals surface area contributed by atoms with Crippen molar-refractivity contribution in [1.82, 2.24) is 9.80 Å². The maximum absolute atomic E-state index is 14.2. The van der Waals surface area contributed by atoms with Crippen LogP contribution in [0, 0.1) is 17.8 Å². The Labute approximate surface area is 312 Å². The molecule has 14 heteroatoms. The van der Waals surface area contributed by atoms with Crippen molar-refractivity contribution in [2.24, 2.45) is 17.8 Å². The van der Waals surface area contributed by atoms with Crippen LogP contribution in [0.2, 0.25) is 0 Å². The number of ether oxygens (including phenoxy) is 6. The standard InChI is InChI=1S/C38H72N2O12/c1-15-27-38(10,46)31(42)24(6)40(13)19-20(2)17-36(8,45)33(52-35-29(41)26(39(11)12)16-21(3)48-35)22(4)30(23(5)34(44)50-27)51-28-18-37(9,47-14)32(43)25(7)49-28/h20-33,35,41-43,45-46H,15-19H2,1-14H3/t20-,21-,22+,23-,24-,25+,26+,27-,28+,29-,30+,31-,32+,33-,35-,36-,37-,38-/m1/s1. The van der Waals surface area contributed by atoms with Crippen molar-refractivity contribution in [1.29, 1.82) is 0 Å². The van der Waals surface area contributed by atoms with Crippen molar-refractivity contribution in [3.63, 3.8) is 0 Å². The summed E-state index contributed by atoms with van der Waals surface area (Å²) in [5, 5.41) is 58.1. The van der Waals surface area contributed by atoms with Gasteiger partial charge < -0.3 is 63.8 Å². The Bertz CT molecular complexity index is 1140. The van der Waals surface area contributed by atoms with Gasteiger partial charge in [0.05, 0.1) is 41.5 Å². The molecule has 0 saturated carbocycles. The lowest BCUT2D eigenvalue weighted by molar-refractivity contribution is -0.318. The Morgan fingerprint density at radius 2 is 1.56 bits per heavy atom. The number of carbonyl (C=O) groups is 1. The molecule has 3 heterocycles. The molecule has 0 unspecified atom stereocenters. The second-order valence-corrected chi connectivity index (χ2v) is 17.2. The number of carbonyl (C=O) groups excluding carboxylic acids is 1. The van der Waals surface area contributed by atoms with Gasteiger partial charge in [-0.3, -0.25) is 4.79 Å². The minimum absolute atomic E-state index is 0.133.